The number of hydrogen-bond acceptors (Lipinski definition) is 5. The van der Waals surface area contributed by atoms with Gasteiger partial charge in [0.25, 0.3) is 5.91 Å². The monoisotopic (exact) mass is 384 g/mol. The number of ether oxygens (including phenoxy) is 1. The van der Waals surface area contributed by atoms with Gasteiger partial charge >= 0.3 is 5.97 Å². The second-order valence-electron chi connectivity index (χ2n) is 6.53. The lowest BCUT2D eigenvalue weighted by molar-refractivity contribution is -0.140. The highest BCUT2D eigenvalue weighted by Crippen LogP contribution is 2.22. The highest BCUT2D eigenvalue weighted by molar-refractivity contribution is 7.89. The first-order valence-electron chi connectivity index (χ1n) is 8.37. The van der Waals surface area contributed by atoms with Crippen LogP contribution in [0.5, 0.6) is 0 Å². The van der Waals surface area contributed by atoms with E-state index in [-0.39, 0.29) is 29.5 Å². The van der Waals surface area contributed by atoms with Crippen molar-refractivity contribution in [1.82, 2.24) is 9.62 Å². The molecule has 1 heterocycles. The molecule has 9 heteroatoms. The summed E-state index contributed by atoms with van der Waals surface area (Å²) in [7, 11) is -3.75. The van der Waals surface area contributed by atoms with E-state index in [0.29, 0.717) is 18.8 Å². The third kappa shape index (κ3) is 4.40. The largest absolute Gasteiger partial charge is 0.480 e. The molecule has 1 saturated heterocycles. The molecular formula is C17H24N2O6S. The number of carbonyl (C=O) groups excluding carboxylic acids is 1. The second kappa shape index (κ2) is 8.15. The number of nitrogens with one attached hydrogen (secondary N) is 1. The molecule has 0 spiro atoms. The summed E-state index contributed by atoms with van der Waals surface area (Å²) >= 11 is 0. The van der Waals surface area contributed by atoms with E-state index in [4.69, 9.17) is 4.74 Å². The Bertz CT molecular complexity index is 784. The van der Waals surface area contributed by atoms with Gasteiger partial charge in [0.15, 0.2) is 0 Å². The van der Waals surface area contributed by atoms with Gasteiger partial charge in [-0.2, -0.15) is 4.31 Å². The van der Waals surface area contributed by atoms with E-state index in [1.807, 2.05) is 0 Å². The summed E-state index contributed by atoms with van der Waals surface area (Å²) in [6, 6.07) is 3.28. The van der Waals surface area contributed by atoms with Crippen LogP contribution in [0.4, 0.5) is 0 Å². The van der Waals surface area contributed by atoms with Crippen molar-refractivity contribution < 1.29 is 27.9 Å². The number of carbonyl (C=O) groups is 2. The average molecular weight is 384 g/mol. The first-order valence-corrected chi connectivity index (χ1v) is 9.81. The number of nitrogens with zero attached hydrogens (tertiary/aromatic N) is 1. The lowest BCUT2D eigenvalue weighted by Crippen LogP contribution is -2.44. The van der Waals surface area contributed by atoms with Crippen LogP contribution in [0.1, 0.15) is 29.8 Å². The summed E-state index contributed by atoms with van der Waals surface area (Å²) in [6.45, 7) is 6.19. The van der Waals surface area contributed by atoms with Crippen LogP contribution in [0.3, 0.4) is 0 Å². The number of aliphatic carboxylic acids is 1. The topological polar surface area (TPSA) is 113 Å². The molecule has 2 N–H and O–H groups in total. The fourth-order valence-corrected chi connectivity index (χ4v) is 4.34. The molecule has 0 aromatic heterocycles. The van der Waals surface area contributed by atoms with Gasteiger partial charge in [-0.15, -0.1) is 0 Å². The third-order valence-corrected chi connectivity index (χ3v) is 6.30. The summed E-state index contributed by atoms with van der Waals surface area (Å²) in [5.74, 6) is -2.07. The summed E-state index contributed by atoms with van der Waals surface area (Å²) in [5.41, 5.74) is 0.626. The summed E-state index contributed by atoms with van der Waals surface area (Å²) in [5, 5.41) is 11.7. The maximum atomic E-state index is 12.9. The minimum atomic E-state index is -3.75. The van der Waals surface area contributed by atoms with Crippen LogP contribution in [0.2, 0.25) is 0 Å². The molecule has 8 nitrogen and oxygen atoms in total. The van der Waals surface area contributed by atoms with Gasteiger partial charge in [0.05, 0.1) is 18.1 Å². The van der Waals surface area contributed by atoms with Crippen molar-refractivity contribution >= 4 is 21.9 Å². The molecule has 1 fully saturated rings. The summed E-state index contributed by atoms with van der Waals surface area (Å²) in [6.07, 6.45) is 0. The van der Waals surface area contributed by atoms with Gasteiger partial charge in [-0.05, 0) is 30.5 Å². The van der Waals surface area contributed by atoms with Gasteiger partial charge in [-0.3, -0.25) is 4.79 Å². The molecule has 1 aromatic carbocycles. The first-order chi connectivity index (χ1) is 12.1. The average Bonchev–Trinajstić information content (AvgIpc) is 2.59. The standard InChI is InChI=1S/C17H24N2O6S/c1-11(2)15(17(21)22)18-16(20)13-5-4-12(3)14(10-13)26(23,24)19-6-8-25-9-7-19/h4-5,10-11,15H,6-9H2,1-3H3,(H,18,20)(H,21,22)/t15-/m1/s1. The minimum absolute atomic E-state index is 0.0449. The number of carboxylic acid groups (broad SMARTS) is 1. The summed E-state index contributed by atoms with van der Waals surface area (Å²) in [4.78, 5) is 23.7. The molecule has 0 aliphatic carbocycles. The summed E-state index contributed by atoms with van der Waals surface area (Å²) < 4.78 is 32.2. The number of morpholine rings is 1. The van der Waals surface area contributed by atoms with Gasteiger partial charge in [0.2, 0.25) is 10.0 Å². The van der Waals surface area contributed by atoms with E-state index >= 15 is 0 Å². The van der Waals surface area contributed by atoms with Gasteiger partial charge in [-0.1, -0.05) is 19.9 Å². The van der Waals surface area contributed by atoms with Crippen LogP contribution in [0.15, 0.2) is 23.1 Å². The smallest absolute Gasteiger partial charge is 0.326 e. The highest BCUT2D eigenvalue weighted by atomic mass is 32.2. The Morgan fingerprint density at radius 3 is 2.38 bits per heavy atom. The van der Waals surface area contributed by atoms with Crippen molar-refractivity contribution in [3.63, 3.8) is 0 Å². The minimum Gasteiger partial charge on any atom is -0.480 e. The molecule has 1 amide bonds. The van der Waals surface area contributed by atoms with E-state index < -0.39 is 27.9 Å². The molecule has 1 aromatic rings. The van der Waals surface area contributed by atoms with E-state index in [1.54, 1.807) is 26.8 Å². The Labute approximate surface area is 153 Å². The Kier molecular flexibility index (Phi) is 6.38. The predicted molar refractivity (Wildman–Crippen MR) is 94.5 cm³/mol. The van der Waals surface area contributed by atoms with E-state index in [2.05, 4.69) is 5.32 Å². The van der Waals surface area contributed by atoms with Crippen molar-refractivity contribution in [2.75, 3.05) is 26.3 Å². The molecule has 0 saturated carbocycles. The Balaban J connectivity index is 2.31. The maximum Gasteiger partial charge on any atom is 0.326 e. The zero-order valence-corrected chi connectivity index (χ0v) is 15.9. The molecule has 1 atom stereocenters. The number of carboxylic acids is 1. The van der Waals surface area contributed by atoms with Crippen LogP contribution >= 0.6 is 0 Å². The molecule has 144 valence electrons. The maximum absolute atomic E-state index is 12.9. The molecule has 1 aliphatic rings. The van der Waals surface area contributed by atoms with Crippen molar-refractivity contribution in [1.29, 1.82) is 0 Å². The Morgan fingerprint density at radius 2 is 1.85 bits per heavy atom. The van der Waals surface area contributed by atoms with E-state index in [9.17, 15) is 23.1 Å². The molecule has 26 heavy (non-hydrogen) atoms. The van der Waals surface area contributed by atoms with Crippen molar-refractivity contribution in [2.24, 2.45) is 5.92 Å². The molecule has 0 radical (unpaired) electrons. The fraction of sp³-hybridized carbons (Fsp3) is 0.529. The normalized spacial score (nSPS) is 17.1. The Hall–Kier alpha value is -1.97. The van der Waals surface area contributed by atoms with Crippen LogP contribution in [-0.2, 0) is 19.6 Å². The number of rotatable bonds is 6. The van der Waals surface area contributed by atoms with Crippen molar-refractivity contribution in [3.05, 3.63) is 29.3 Å². The molecular weight excluding hydrogens is 360 g/mol. The third-order valence-electron chi connectivity index (χ3n) is 4.26. The molecule has 0 bridgehead atoms. The van der Waals surface area contributed by atoms with Crippen LogP contribution in [0, 0.1) is 12.8 Å². The van der Waals surface area contributed by atoms with Crippen molar-refractivity contribution in [2.45, 2.75) is 31.7 Å². The number of hydrogen-bond donors (Lipinski definition) is 2. The van der Waals surface area contributed by atoms with Gasteiger partial charge in [0.1, 0.15) is 6.04 Å². The number of amides is 1. The molecule has 0 unspecified atom stereocenters. The van der Waals surface area contributed by atoms with Crippen LogP contribution in [0.25, 0.3) is 0 Å². The van der Waals surface area contributed by atoms with Crippen LogP contribution in [-0.4, -0.2) is 62.1 Å². The lowest BCUT2D eigenvalue weighted by atomic mass is 10.0. The number of sulfonamides is 1. The highest BCUT2D eigenvalue weighted by Gasteiger charge is 2.29. The van der Waals surface area contributed by atoms with E-state index in [0.717, 1.165) is 0 Å². The molecule has 2 rings (SSSR count). The second-order valence-corrected chi connectivity index (χ2v) is 8.44. The zero-order chi connectivity index (χ0) is 19.5. The first kappa shape index (κ1) is 20.3. The van der Waals surface area contributed by atoms with Gasteiger partial charge < -0.3 is 15.2 Å². The van der Waals surface area contributed by atoms with Crippen LogP contribution < -0.4 is 5.32 Å². The Morgan fingerprint density at radius 1 is 1.23 bits per heavy atom. The molecule has 1 aliphatic heterocycles. The zero-order valence-electron chi connectivity index (χ0n) is 15.1. The lowest BCUT2D eigenvalue weighted by Gasteiger charge is -2.27. The SMILES string of the molecule is Cc1ccc(C(=O)N[C@@H](C(=O)O)C(C)C)cc1S(=O)(=O)N1CCOCC1. The fourth-order valence-electron chi connectivity index (χ4n) is 2.68. The quantitative estimate of drug-likeness (QED) is 0.752. The predicted octanol–water partition coefficient (Wildman–Crippen LogP) is 0.855. The van der Waals surface area contributed by atoms with E-state index in [1.165, 1.54) is 16.4 Å². The number of benzene rings is 1. The number of aryl methyl sites for hydroxylation is 1. The van der Waals surface area contributed by atoms with Gasteiger partial charge in [-0.25, -0.2) is 13.2 Å². The van der Waals surface area contributed by atoms with Crippen molar-refractivity contribution in [3.8, 4) is 0 Å². The van der Waals surface area contributed by atoms with Gasteiger partial charge in [0, 0.05) is 18.7 Å².